The Hall–Kier alpha value is -3.73. The van der Waals surface area contributed by atoms with Crippen LogP contribution in [0.15, 0.2) is 88.2 Å². The third kappa shape index (κ3) is 6.48. The normalized spacial score (nSPS) is 14.2. The molecule has 3 aromatic carbocycles. The van der Waals surface area contributed by atoms with E-state index in [2.05, 4.69) is 4.40 Å². The molecule has 36 heavy (non-hydrogen) atoms. The number of benzene rings is 3. The van der Waals surface area contributed by atoms with Gasteiger partial charge in [-0.05, 0) is 42.3 Å². The second kappa shape index (κ2) is 10.9. The molecule has 0 spiro atoms. The number of alkyl halides is 3. The van der Waals surface area contributed by atoms with Gasteiger partial charge in [0.1, 0.15) is 0 Å². The summed E-state index contributed by atoms with van der Waals surface area (Å²) >= 11 is 0. The molecule has 3 rings (SSSR count). The molecule has 3 aromatic rings. The van der Waals surface area contributed by atoms with Crippen LogP contribution in [0.5, 0.6) is 0 Å². The van der Waals surface area contributed by atoms with Crippen LogP contribution < -0.4 is 0 Å². The highest BCUT2D eigenvalue weighted by atomic mass is 32.2. The monoisotopic (exact) mass is 520 g/mol. The van der Waals surface area contributed by atoms with E-state index in [4.69, 9.17) is 4.74 Å². The third-order valence-corrected chi connectivity index (χ3v) is 6.87. The lowest BCUT2D eigenvalue weighted by atomic mass is 9.81. The second-order valence-electron chi connectivity index (χ2n) is 8.05. The van der Waals surface area contributed by atoms with Crippen LogP contribution in [0.2, 0.25) is 0 Å². The fourth-order valence-corrected chi connectivity index (χ4v) is 4.80. The van der Waals surface area contributed by atoms with Crippen LogP contribution in [0.25, 0.3) is 0 Å². The standard InChI is InChI=1S/C25H23F3N2O5S/c1-17-8-14-21(15-9-17)36(33,34)29-24(35-2)23(19-10-12-20(13-11-19)25(26,27)28)22(16-30(31)32)18-6-4-3-5-7-18/h3-15,22-23H,16H2,1-2H3/b29-24-. The molecule has 0 saturated carbocycles. The number of ether oxygens (including phenoxy) is 1. The van der Waals surface area contributed by atoms with Gasteiger partial charge in [-0.3, -0.25) is 10.1 Å². The molecule has 0 heterocycles. The summed E-state index contributed by atoms with van der Waals surface area (Å²) in [6, 6.07) is 18.1. The predicted molar refractivity (Wildman–Crippen MR) is 128 cm³/mol. The quantitative estimate of drug-likeness (QED) is 0.167. The highest BCUT2D eigenvalue weighted by Crippen LogP contribution is 2.37. The Morgan fingerprint density at radius 1 is 0.972 bits per heavy atom. The molecule has 0 radical (unpaired) electrons. The van der Waals surface area contributed by atoms with E-state index in [1.807, 2.05) is 0 Å². The van der Waals surface area contributed by atoms with E-state index in [1.165, 1.54) is 12.1 Å². The van der Waals surface area contributed by atoms with Crippen molar-refractivity contribution in [2.75, 3.05) is 13.7 Å². The number of hydrogen-bond donors (Lipinski definition) is 0. The first kappa shape index (κ1) is 26.9. The Morgan fingerprint density at radius 3 is 2.06 bits per heavy atom. The van der Waals surface area contributed by atoms with Crippen LogP contribution in [0.1, 0.15) is 34.1 Å². The average molecular weight is 521 g/mol. The molecule has 2 unspecified atom stereocenters. The number of nitrogens with zero attached hydrogens (tertiary/aromatic N) is 2. The van der Waals surface area contributed by atoms with Crippen molar-refractivity contribution in [1.29, 1.82) is 0 Å². The second-order valence-corrected chi connectivity index (χ2v) is 9.66. The molecule has 11 heteroatoms. The van der Waals surface area contributed by atoms with Gasteiger partial charge in [0, 0.05) is 4.92 Å². The van der Waals surface area contributed by atoms with Crippen molar-refractivity contribution in [2.45, 2.75) is 29.8 Å². The summed E-state index contributed by atoms with van der Waals surface area (Å²) in [7, 11) is -3.14. The summed E-state index contributed by atoms with van der Waals surface area (Å²) in [5.74, 6) is -2.55. The molecule has 0 N–H and O–H groups in total. The van der Waals surface area contributed by atoms with E-state index in [1.54, 1.807) is 49.4 Å². The summed E-state index contributed by atoms with van der Waals surface area (Å²) in [6.45, 7) is 1.13. The molecule has 0 aliphatic rings. The maximum Gasteiger partial charge on any atom is 0.416 e. The van der Waals surface area contributed by atoms with E-state index in [0.29, 0.717) is 5.56 Å². The zero-order valence-electron chi connectivity index (χ0n) is 19.3. The van der Waals surface area contributed by atoms with Gasteiger partial charge in [-0.15, -0.1) is 4.40 Å². The smallest absolute Gasteiger partial charge is 0.416 e. The molecule has 190 valence electrons. The summed E-state index contributed by atoms with van der Waals surface area (Å²) < 4.78 is 74.8. The Morgan fingerprint density at radius 2 is 1.56 bits per heavy atom. The van der Waals surface area contributed by atoms with Crippen molar-refractivity contribution in [2.24, 2.45) is 4.40 Å². The number of sulfonamides is 1. The molecule has 0 fully saturated rings. The van der Waals surface area contributed by atoms with Gasteiger partial charge in [-0.25, -0.2) is 0 Å². The maximum absolute atomic E-state index is 13.2. The van der Waals surface area contributed by atoms with E-state index >= 15 is 0 Å². The Kier molecular flexibility index (Phi) is 8.13. The third-order valence-electron chi connectivity index (χ3n) is 5.58. The molecule has 0 amide bonds. The van der Waals surface area contributed by atoms with Gasteiger partial charge in [-0.1, -0.05) is 60.2 Å². The molecular weight excluding hydrogens is 497 g/mol. The summed E-state index contributed by atoms with van der Waals surface area (Å²) in [6.07, 6.45) is -4.60. The highest BCUT2D eigenvalue weighted by molar-refractivity contribution is 7.90. The first-order valence-electron chi connectivity index (χ1n) is 10.7. The van der Waals surface area contributed by atoms with Gasteiger partial charge in [0.05, 0.1) is 29.4 Å². The first-order valence-corrected chi connectivity index (χ1v) is 12.2. The van der Waals surface area contributed by atoms with Crippen LogP contribution in [-0.2, 0) is 20.9 Å². The van der Waals surface area contributed by atoms with Crippen molar-refractivity contribution in [1.82, 2.24) is 0 Å². The Bertz CT molecular complexity index is 1320. The lowest BCUT2D eigenvalue weighted by molar-refractivity contribution is -0.483. The number of aryl methyl sites for hydroxylation is 1. The zero-order valence-corrected chi connectivity index (χ0v) is 20.2. The number of hydrogen-bond acceptors (Lipinski definition) is 5. The maximum atomic E-state index is 13.2. The lowest BCUT2D eigenvalue weighted by Crippen LogP contribution is -2.28. The number of nitro groups is 1. The fourth-order valence-electron chi connectivity index (χ4n) is 3.79. The van der Waals surface area contributed by atoms with Gasteiger partial charge >= 0.3 is 6.18 Å². The van der Waals surface area contributed by atoms with Gasteiger partial charge in [0.15, 0.2) is 0 Å². The van der Waals surface area contributed by atoms with Crippen molar-refractivity contribution >= 4 is 15.9 Å². The van der Waals surface area contributed by atoms with Gasteiger partial charge < -0.3 is 4.74 Å². The minimum Gasteiger partial charge on any atom is -0.483 e. The largest absolute Gasteiger partial charge is 0.483 e. The summed E-state index contributed by atoms with van der Waals surface area (Å²) in [5.41, 5.74) is 0.552. The van der Waals surface area contributed by atoms with Gasteiger partial charge in [-0.2, -0.15) is 21.6 Å². The van der Waals surface area contributed by atoms with Crippen molar-refractivity contribution in [3.63, 3.8) is 0 Å². The summed E-state index contributed by atoms with van der Waals surface area (Å²) in [5, 5.41) is 11.6. The fraction of sp³-hybridized carbons (Fsp3) is 0.240. The van der Waals surface area contributed by atoms with Crippen LogP contribution in [-0.4, -0.2) is 32.9 Å². The minimum absolute atomic E-state index is 0.126. The van der Waals surface area contributed by atoms with Crippen molar-refractivity contribution in [3.05, 3.63) is 111 Å². The molecule has 7 nitrogen and oxygen atoms in total. The number of halogens is 3. The summed E-state index contributed by atoms with van der Waals surface area (Å²) in [4.78, 5) is 10.9. The van der Waals surface area contributed by atoms with E-state index in [-0.39, 0.29) is 16.4 Å². The van der Waals surface area contributed by atoms with Gasteiger partial charge in [0.25, 0.3) is 10.0 Å². The van der Waals surface area contributed by atoms with E-state index in [0.717, 1.165) is 36.9 Å². The lowest BCUT2D eigenvalue weighted by Gasteiger charge is -2.26. The van der Waals surface area contributed by atoms with Gasteiger partial charge in [0.2, 0.25) is 12.4 Å². The van der Waals surface area contributed by atoms with Crippen LogP contribution in [0.3, 0.4) is 0 Å². The molecule has 0 aliphatic carbocycles. The van der Waals surface area contributed by atoms with Crippen molar-refractivity contribution in [3.8, 4) is 0 Å². The van der Waals surface area contributed by atoms with E-state index < -0.39 is 45.1 Å². The zero-order chi connectivity index (χ0) is 26.5. The highest BCUT2D eigenvalue weighted by Gasteiger charge is 2.37. The van der Waals surface area contributed by atoms with Crippen LogP contribution >= 0.6 is 0 Å². The van der Waals surface area contributed by atoms with Crippen molar-refractivity contribution < 1.29 is 31.2 Å². The Balaban J connectivity index is 2.22. The topological polar surface area (TPSA) is 98.9 Å². The predicted octanol–water partition coefficient (Wildman–Crippen LogP) is 5.59. The van der Waals surface area contributed by atoms with Crippen LogP contribution in [0.4, 0.5) is 13.2 Å². The van der Waals surface area contributed by atoms with Crippen LogP contribution in [0, 0.1) is 17.0 Å². The SMILES string of the molecule is CO/C(=N\S(=O)(=O)c1ccc(C)cc1)C(c1ccc(C(F)(F)F)cc1)C(C[N+](=O)[O-])c1ccccc1. The molecule has 0 aliphatic heterocycles. The first-order chi connectivity index (χ1) is 16.9. The Labute approximate surface area is 206 Å². The average Bonchev–Trinajstić information content (AvgIpc) is 2.83. The van der Waals surface area contributed by atoms with E-state index in [9.17, 15) is 31.7 Å². The molecule has 0 aromatic heterocycles. The molecular formula is C25H23F3N2O5S. The number of methoxy groups -OCH3 is 1. The molecule has 2 atom stereocenters. The minimum atomic E-state index is -4.60. The molecule has 0 saturated heterocycles. The molecule has 0 bridgehead atoms. The number of rotatable bonds is 8.